The van der Waals surface area contributed by atoms with E-state index in [9.17, 15) is 9.59 Å². The van der Waals surface area contributed by atoms with Crippen LogP contribution in [0.4, 0.5) is 0 Å². The molecule has 5 heteroatoms. The third-order valence-corrected chi connectivity index (χ3v) is 4.94. The van der Waals surface area contributed by atoms with Crippen molar-refractivity contribution in [3.63, 3.8) is 0 Å². The van der Waals surface area contributed by atoms with Gasteiger partial charge in [-0.2, -0.15) is 0 Å². The number of aryl methyl sites for hydroxylation is 1. The Kier molecular flexibility index (Phi) is 6.75. The molecular formula is C22H28N2O3. The van der Waals surface area contributed by atoms with Gasteiger partial charge < -0.3 is 4.74 Å². The summed E-state index contributed by atoms with van der Waals surface area (Å²) >= 11 is 0. The molecule has 1 amide bonds. The van der Waals surface area contributed by atoms with E-state index in [-0.39, 0.29) is 17.9 Å². The molecule has 2 aromatic rings. The zero-order valence-corrected chi connectivity index (χ0v) is 16.6. The van der Waals surface area contributed by atoms with Gasteiger partial charge in [0, 0.05) is 11.6 Å². The molecule has 2 aromatic carbocycles. The second-order valence-electron chi connectivity index (χ2n) is 7.39. The van der Waals surface area contributed by atoms with E-state index in [1.165, 1.54) is 18.2 Å². The molecule has 2 rings (SSSR count). The fraction of sp³-hybridized carbons (Fsp3) is 0.364. The summed E-state index contributed by atoms with van der Waals surface area (Å²) in [5.41, 5.74) is 8.96. The standard InChI is InChI=1S/C22H28N2O3/c1-15-6-8-17(9-7-15)14-18-10-12-19(13-11-18)20(25)24-23-16(2)22(3,4)21(26)27-5/h6-13,16,23H,14H2,1-5H3,(H,24,25). The first-order valence-electron chi connectivity index (χ1n) is 9.03. The second kappa shape index (κ2) is 8.82. The predicted octanol–water partition coefficient (Wildman–Crippen LogP) is 3.41. The van der Waals surface area contributed by atoms with Crippen LogP contribution in [0.5, 0.6) is 0 Å². The van der Waals surface area contributed by atoms with Crippen molar-refractivity contribution in [2.75, 3.05) is 7.11 Å². The van der Waals surface area contributed by atoms with E-state index in [0.29, 0.717) is 5.56 Å². The number of rotatable bonds is 7. The molecule has 0 aliphatic carbocycles. The molecule has 0 saturated heterocycles. The molecule has 0 spiro atoms. The zero-order chi connectivity index (χ0) is 20.0. The Morgan fingerprint density at radius 2 is 1.52 bits per heavy atom. The van der Waals surface area contributed by atoms with Crippen molar-refractivity contribution >= 4 is 11.9 Å². The van der Waals surface area contributed by atoms with E-state index >= 15 is 0 Å². The largest absolute Gasteiger partial charge is 0.469 e. The van der Waals surface area contributed by atoms with Crippen LogP contribution in [0.1, 0.15) is 47.8 Å². The van der Waals surface area contributed by atoms with Gasteiger partial charge in [-0.25, -0.2) is 5.43 Å². The topological polar surface area (TPSA) is 67.4 Å². The van der Waals surface area contributed by atoms with E-state index < -0.39 is 5.41 Å². The first kappa shape index (κ1) is 20.6. The van der Waals surface area contributed by atoms with Crippen LogP contribution in [0.15, 0.2) is 48.5 Å². The van der Waals surface area contributed by atoms with E-state index in [4.69, 9.17) is 4.74 Å². The maximum absolute atomic E-state index is 12.3. The van der Waals surface area contributed by atoms with E-state index in [2.05, 4.69) is 42.0 Å². The minimum absolute atomic E-state index is 0.246. The summed E-state index contributed by atoms with van der Waals surface area (Å²) in [6, 6.07) is 15.6. The summed E-state index contributed by atoms with van der Waals surface area (Å²) in [4.78, 5) is 24.2. The minimum Gasteiger partial charge on any atom is -0.469 e. The number of nitrogens with one attached hydrogen (secondary N) is 2. The van der Waals surface area contributed by atoms with Crippen LogP contribution >= 0.6 is 0 Å². The molecule has 144 valence electrons. The van der Waals surface area contributed by atoms with Crippen LogP contribution < -0.4 is 10.9 Å². The third-order valence-electron chi connectivity index (χ3n) is 4.94. The van der Waals surface area contributed by atoms with E-state index in [1.54, 1.807) is 26.0 Å². The number of hydrazine groups is 1. The summed E-state index contributed by atoms with van der Waals surface area (Å²) in [7, 11) is 1.35. The Morgan fingerprint density at radius 3 is 2.04 bits per heavy atom. The Bertz CT molecular complexity index is 780. The number of methoxy groups -OCH3 is 1. The van der Waals surface area contributed by atoms with Crippen molar-refractivity contribution in [1.29, 1.82) is 0 Å². The Labute approximate surface area is 161 Å². The number of benzene rings is 2. The summed E-state index contributed by atoms with van der Waals surface area (Å²) in [5.74, 6) is -0.582. The van der Waals surface area contributed by atoms with Crippen LogP contribution in [0.25, 0.3) is 0 Å². The fourth-order valence-corrected chi connectivity index (χ4v) is 2.58. The van der Waals surface area contributed by atoms with Gasteiger partial charge in [0.15, 0.2) is 0 Å². The zero-order valence-electron chi connectivity index (χ0n) is 16.6. The summed E-state index contributed by atoms with van der Waals surface area (Å²) < 4.78 is 4.80. The molecule has 0 saturated carbocycles. The number of carbonyl (C=O) groups excluding carboxylic acids is 2. The van der Waals surface area contributed by atoms with E-state index in [0.717, 1.165) is 12.0 Å². The van der Waals surface area contributed by atoms with Gasteiger partial charge in [0.25, 0.3) is 5.91 Å². The van der Waals surface area contributed by atoms with Crippen molar-refractivity contribution in [3.8, 4) is 0 Å². The van der Waals surface area contributed by atoms with Gasteiger partial charge in [0.1, 0.15) is 0 Å². The molecule has 0 heterocycles. The molecule has 1 unspecified atom stereocenters. The van der Waals surface area contributed by atoms with Gasteiger partial charge in [-0.15, -0.1) is 0 Å². The monoisotopic (exact) mass is 368 g/mol. The molecule has 0 aliphatic heterocycles. The first-order valence-corrected chi connectivity index (χ1v) is 9.03. The van der Waals surface area contributed by atoms with Crippen LogP contribution in [-0.2, 0) is 16.0 Å². The molecule has 0 radical (unpaired) electrons. The van der Waals surface area contributed by atoms with Gasteiger partial charge in [-0.3, -0.25) is 15.0 Å². The lowest BCUT2D eigenvalue weighted by Gasteiger charge is -2.29. The Hall–Kier alpha value is -2.66. The molecule has 5 nitrogen and oxygen atoms in total. The lowest BCUT2D eigenvalue weighted by Crippen LogP contribution is -2.52. The van der Waals surface area contributed by atoms with Gasteiger partial charge in [0.2, 0.25) is 0 Å². The number of ether oxygens (including phenoxy) is 1. The third kappa shape index (κ3) is 5.41. The van der Waals surface area contributed by atoms with Crippen LogP contribution in [0.2, 0.25) is 0 Å². The highest BCUT2D eigenvalue weighted by atomic mass is 16.5. The highest BCUT2D eigenvalue weighted by Gasteiger charge is 2.35. The van der Waals surface area contributed by atoms with Crippen molar-refractivity contribution in [2.24, 2.45) is 5.41 Å². The lowest BCUT2D eigenvalue weighted by molar-refractivity contribution is -0.152. The molecule has 0 aliphatic rings. The molecule has 27 heavy (non-hydrogen) atoms. The lowest BCUT2D eigenvalue weighted by atomic mass is 9.86. The summed E-state index contributed by atoms with van der Waals surface area (Å²) in [6.45, 7) is 7.42. The minimum atomic E-state index is -0.764. The Morgan fingerprint density at radius 1 is 1.00 bits per heavy atom. The van der Waals surface area contributed by atoms with Gasteiger partial charge >= 0.3 is 5.97 Å². The van der Waals surface area contributed by atoms with Crippen LogP contribution in [0.3, 0.4) is 0 Å². The number of amides is 1. The Balaban J connectivity index is 1.93. The average Bonchev–Trinajstić information content (AvgIpc) is 2.67. The fourth-order valence-electron chi connectivity index (χ4n) is 2.58. The molecule has 1 atom stereocenters. The quantitative estimate of drug-likeness (QED) is 0.581. The van der Waals surface area contributed by atoms with Crippen LogP contribution in [-0.4, -0.2) is 25.0 Å². The number of hydrogen-bond acceptors (Lipinski definition) is 4. The average molecular weight is 368 g/mol. The number of carbonyl (C=O) groups is 2. The summed E-state index contributed by atoms with van der Waals surface area (Å²) in [5, 5.41) is 0. The van der Waals surface area contributed by atoms with Crippen LogP contribution in [0, 0.1) is 12.3 Å². The smallest absolute Gasteiger partial charge is 0.312 e. The van der Waals surface area contributed by atoms with Crippen molar-refractivity contribution in [1.82, 2.24) is 10.9 Å². The van der Waals surface area contributed by atoms with Crippen molar-refractivity contribution in [2.45, 2.75) is 40.2 Å². The molecule has 0 fully saturated rings. The summed E-state index contributed by atoms with van der Waals surface area (Å²) in [6.07, 6.45) is 0.824. The SMILES string of the molecule is COC(=O)C(C)(C)C(C)NNC(=O)c1ccc(Cc2ccc(C)cc2)cc1. The van der Waals surface area contributed by atoms with Gasteiger partial charge in [-0.1, -0.05) is 42.0 Å². The normalized spacial score (nSPS) is 12.3. The highest BCUT2D eigenvalue weighted by Crippen LogP contribution is 2.21. The highest BCUT2D eigenvalue weighted by molar-refractivity contribution is 5.93. The molecular weight excluding hydrogens is 340 g/mol. The van der Waals surface area contributed by atoms with Crippen molar-refractivity contribution in [3.05, 3.63) is 70.8 Å². The second-order valence-corrected chi connectivity index (χ2v) is 7.39. The maximum Gasteiger partial charge on any atom is 0.312 e. The van der Waals surface area contributed by atoms with Gasteiger partial charge in [-0.05, 0) is 57.4 Å². The first-order chi connectivity index (χ1) is 12.7. The predicted molar refractivity (Wildman–Crippen MR) is 106 cm³/mol. The molecule has 2 N–H and O–H groups in total. The molecule has 0 bridgehead atoms. The van der Waals surface area contributed by atoms with Crippen molar-refractivity contribution < 1.29 is 14.3 Å². The number of hydrogen-bond donors (Lipinski definition) is 2. The number of esters is 1. The van der Waals surface area contributed by atoms with E-state index in [1.807, 2.05) is 19.1 Å². The van der Waals surface area contributed by atoms with Gasteiger partial charge in [0.05, 0.1) is 12.5 Å². The maximum atomic E-state index is 12.3. The molecule has 0 aromatic heterocycles.